The lowest BCUT2D eigenvalue weighted by molar-refractivity contribution is -0.0241. The number of halogens is 2. The van der Waals surface area contributed by atoms with Crippen molar-refractivity contribution in [2.45, 2.75) is 19.4 Å². The number of ether oxygens (including phenoxy) is 2. The Morgan fingerprint density at radius 1 is 1.26 bits per heavy atom. The van der Waals surface area contributed by atoms with Crippen molar-refractivity contribution < 1.29 is 23.0 Å². The molecule has 11 heteroatoms. The van der Waals surface area contributed by atoms with Crippen molar-refractivity contribution in [1.82, 2.24) is 29.0 Å². The average molecular weight is 468 g/mol. The molecule has 0 radical (unpaired) electrons. The van der Waals surface area contributed by atoms with Gasteiger partial charge < -0.3 is 18.8 Å². The molecule has 0 saturated carbocycles. The monoisotopic (exact) mass is 468 g/mol. The first-order chi connectivity index (χ1) is 16.4. The molecule has 4 heterocycles. The number of hydrogen-bond donors (Lipinski definition) is 0. The second kappa shape index (κ2) is 8.82. The van der Waals surface area contributed by atoms with E-state index in [2.05, 4.69) is 15.1 Å². The predicted octanol–water partition coefficient (Wildman–Crippen LogP) is 3.18. The second-order valence-electron chi connectivity index (χ2n) is 8.08. The maximum absolute atomic E-state index is 15.3. The van der Waals surface area contributed by atoms with E-state index in [1.807, 2.05) is 25.3 Å². The van der Waals surface area contributed by atoms with Crippen molar-refractivity contribution in [3.05, 3.63) is 66.0 Å². The second-order valence-corrected chi connectivity index (χ2v) is 8.08. The number of carbonyl (C=O) groups excluding carboxylic acids is 1. The van der Waals surface area contributed by atoms with Gasteiger partial charge in [-0.1, -0.05) is 0 Å². The summed E-state index contributed by atoms with van der Waals surface area (Å²) in [6, 6.07) is 6.13. The molecule has 4 aromatic rings. The van der Waals surface area contributed by atoms with Crippen LogP contribution in [0.1, 0.15) is 11.3 Å². The average Bonchev–Trinajstić information content (AvgIpc) is 3.47. The van der Waals surface area contributed by atoms with Crippen molar-refractivity contribution in [3.63, 3.8) is 0 Å². The fourth-order valence-corrected chi connectivity index (χ4v) is 4.21. The zero-order valence-corrected chi connectivity index (χ0v) is 18.6. The normalized spacial score (nSPS) is 16.2. The lowest BCUT2D eigenvalue weighted by Gasteiger charge is -2.32. The van der Waals surface area contributed by atoms with E-state index >= 15 is 8.78 Å². The highest BCUT2D eigenvalue weighted by molar-refractivity contribution is 5.70. The fourth-order valence-electron chi connectivity index (χ4n) is 4.21. The zero-order chi connectivity index (χ0) is 23.8. The molecule has 1 fully saturated rings. The van der Waals surface area contributed by atoms with E-state index < -0.39 is 23.8 Å². The molecule has 1 saturated heterocycles. The van der Waals surface area contributed by atoms with Crippen molar-refractivity contribution >= 4 is 11.7 Å². The molecule has 1 aromatic carbocycles. The van der Waals surface area contributed by atoms with E-state index in [-0.39, 0.29) is 23.4 Å². The van der Waals surface area contributed by atoms with Crippen molar-refractivity contribution in [2.75, 3.05) is 26.8 Å². The van der Waals surface area contributed by atoms with Crippen LogP contribution in [0, 0.1) is 18.6 Å². The number of pyridine rings is 1. The summed E-state index contributed by atoms with van der Waals surface area (Å²) in [5.41, 5.74) is 2.26. The molecule has 0 N–H and O–H groups in total. The van der Waals surface area contributed by atoms with Gasteiger partial charge in [-0.3, -0.25) is 0 Å². The van der Waals surface area contributed by atoms with E-state index in [4.69, 9.17) is 9.47 Å². The standard InChI is InChI=1S/C23H22F2N6O3/c1-14-3-4-30-19(10-16-11-29(5-6-34-16)23(32)33-2)22(28-20(30)7-14)21-17(24)8-15(9-18(21)25)31-13-26-12-27-31/h3-4,7-9,12-13,16H,5-6,10-11H2,1-2H3/t16-/m0/s1. The van der Waals surface area contributed by atoms with Crippen LogP contribution in [0.3, 0.4) is 0 Å². The van der Waals surface area contributed by atoms with Crippen molar-refractivity contribution in [3.8, 4) is 16.9 Å². The summed E-state index contributed by atoms with van der Waals surface area (Å²) in [6.45, 7) is 2.96. The number of amides is 1. The third kappa shape index (κ3) is 3.98. The molecule has 0 bridgehead atoms. The molecule has 3 aromatic heterocycles. The van der Waals surface area contributed by atoms with Crippen LogP contribution in [0.2, 0.25) is 0 Å². The Hall–Kier alpha value is -3.86. The van der Waals surface area contributed by atoms with Crippen LogP contribution in [0.4, 0.5) is 13.6 Å². The van der Waals surface area contributed by atoms with E-state index in [9.17, 15) is 4.79 Å². The molecule has 1 amide bonds. The Balaban J connectivity index is 1.58. The number of nitrogens with zero attached hydrogens (tertiary/aromatic N) is 6. The Labute approximate surface area is 193 Å². The summed E-state index contributed by atoms with van der Waals surface area (Å²) >= 11 is 0. The lowest BCUT2D eigenvalue weighted by Crippen LogP contribution is -2.46. The molecule has 0 aliphatic carbocycles. The number of benzene rings is 1. The molecule has 1 aliphatic heterocycles. The molecule has 176 valence electrons. The molecule has 5 rings (SSSR count). The van der Waals surface area contributed by atoms with E-state index in [0.29, 0.717) is 31.0 Å². The van der Waals surface area contributed by atoms with Gasteiger partial charge >= 0.3 is 6.09 Å². The first kappa shape index (κ1) is 22.0. The fraction of sp³-hybridized carbons (Fsp3) is 0.304. The quantitative estimate of drug-likeness (QED) is 0.457. The van der Waals surface area contributed by atoms with Gasteiger partial charge in [0.05, 0.1) is 49.0 Å². The maximum Gasteiger partial charge on any atom is 0.409 e. The third-order valence-electron chi connectivity index (χ3n) is 5.82. The number of methoxy groups -OCH3 is 1. The number of rotatable bonds is 4. The SMILES string of the molecule is COC(=O)N1CCO[C@@H](Cc2c(-c3c(F)cc(-n4cncn4)cc3F)nc3cc(C)ccn23)C1. The highest BCUT2D eigenvalue weighted by Gasteiger charge is 2.29. The van der Waals surface area contributed by atoms with E-state index in [1.54, 1.807) is 9.30 Å². The Bertz CT molecular complexity index is 1330. The van der Waals surface area contributed by atoms with Crippen molar-refractivity contribution in [1.29, 1.82) is 0 Å². The smallest absolute Gasteiger partial charge is 0.409 e. The summed E-state index contributed by atoms with van der Waals surface area (Å²) in [4.78, 5) is 21.9. The number of imidazole rings is 1. The lowest BCUT2D eigenvalue weighted by atomic mass is 10.0. The van der Waals surface area contributed by atoms with Gasteiger partial charge in [-0.15, -0.1) is 0 Å². The number of fused-ring (bicyclic) bond motifs is 1. The first-order valence-electron chi connectivity index (χ1n) is 10.7. The molecule has 1 aliphatic rings. The van der Waals surface area contributed by atoms with Gasteiger partial charge in [-0.2, -0.15) is 5.10 Å². The number of carbonyl (C=O) groups is 1. The van der Waals surface area contributed by atoms with Crippen LogP contribution in [0.25, 0.3) is 22.6 Å². The summed E-state index contributed by atoms with van der Waals surface area (Å²) in [5.74, 6) is -1.54. The Morgan fingerprint density at radius 2 is 2.06 bits per heavy atom. The van der Waals surface area contributed by atoms with Gasteiger partial charge in [0.25, 0.3) is 0 Å². The Kier molecular flexibility index (Phi) is 5.70. The van der Waals surface area contributed by atoms with Crippen LogP contribution in [0.5, 0.6) is 0 Å². The molecule has 34 heavy (non-hydrogen) atoms. The topological polar surface area (TPSA) is 86.8 Å². The molecule has 0 spiro atoms. The van der Waals surface area contributed by atoms with Gasteiger partial charge in [0.1, 0.15) is 29.9 Å². The van der Waals surface area contributed by atoms with Gasteiger partial charge in [0.15, 0.2) is 0 Å². The van der Waals surface area contributed by atoms with E-state index in [0.717, 1.165) is 5.56 Å². The third-order valence-corrected chi connectivity index (χ3v) is 5.82. The molecule has 9 nitrogen and oxygen atoms in total. The minimum absolute atomic E-state index is 0.185. The molecule has 1 atom stereocenters. The minimum atomic E-state index is -0.771. The van der Waals surface area contributed by atoms with Crippen LogP contribution in [-0.4, -0.2) is 68.1 Å². The molecular formula is C23H22F2N6O3. The highest BCUT2D eigenvalue weighted by atomic mass is 19.1. The maximum atomic E-state index is 15.3. The number of hydrogen-bond acceptors (Lipinski definition) is 6. The van der Waals surface area contributed by atoms with Crippen LogP contribution in [0.15, 0.2) is 43.1 Å². The van der Waals surface area contributed by atoms with Gasteiger partial charge in [-0.25, -0.2) is 28.2 Å². The highest BCUT2D eigenvalue weighted by Crippen LogP contribution is 2.32. The predicted molar refractivity (Wildman–Crippen MR) is 118 cm³/mol. The summed E-state index contributed by atoms with van der Waals surface area (Å²) in [6.07, 6.45) is 3.92. The van der Waals surface area contributed by atoms with Gasteiger partial charge in [-0.05, 0) is 24.6 Å². The Morgan fingerprint density at radius 3 is 2.76 bits per heavy atom. The first-order valence-corrected chi connectivity index (χ1v) is 10.7. The van der Waals surface area contributed by atoms with Crippen LogP contribution in [-0.2, 0) is 15.9 Å². The summed E-state index contributed by atoms with van der Waals surface area (Å²) in [5, 5.41) is 3.93. The zero-order valence-electron chi connectivity index (χ0n) is 18.6. The van der Waals surface area contributed by atoms with Gasteiger partial charge in [0, 0.05) is 31.3 Å². The van der Waals surface area contributed by atoms with E-state index in [1.165, 1.54) is 36.6 Å². The van der Waals surface area contributed by atoms with Gasteiger partial charge in [0.2, 0.25) is 0 Å². The van der Waals surface area contributed by atoms with Crippen LogP contribution < -0.4 is 0 Å². The largest absolute Gasteiger partial charge is 0.453 e. The van der Waals surface area contributed by atoms with Crippen LogP contribution >= 0.6 is 0 Å². The minimum Gasteiger partial charge on any atom is -0.453 e. The molecular weight excluding hydrogens is 446 g/mol. The molecule has 0 unspecified atom stereocenters. The number of morpholine rings is 1. The number of aryl methyl sites for hydroxylation is 1. The number of aromatic nitrogens is 5. The van der Waals surface area contributed by atoms with Crippen molar-refractivity contribution in [2.24, 2.45) is 0 Å². The summed E-state index contributed by atoms with van der Waals surface area (Å²) < 4.78 is 44.4. The summed E-state index contributed by atoms with van der Waals surface area (Å²) in [7, 11) is 1.33.